The van der Waals surface area contributed by atoms with Gasteiger partial charge in [0.2, 0.25) is 11.8 Å². The summed E-state index contributed by atoms with van der Waals surface area (Å²) < 4.78 is 1.36. The molecule has 6 heterocycles. The quantitative estimate of drug-likeness (QED) is 0.371. The maximum Gasteiger partial charge on any atom is 0.271 e. The van der Waals surface area contributed by atoms with Gasteiger partial charge < -0.3 is 20.0 Å². The first-order valence-corrected chi connectivity index (χ1v) is 18.4. The van der Waals surface area contributed by atoms with Crippen molar-refractivity contribution in [2.75, 3.05) is 56.5 Å². The monoisotopic (exact) mass is 694 g/mol. The van der Waals surface area contributed by atoms with E-state index in [1.54, 1.807) is 13.2 Å². The van der Waals surface area contributed by atoms with Crippen LogP contribution in [0.5, 0.6) is 0 Å². The average molecular weight is 695 g/mol. The molecule has 1 spiro atoms. The van der Waals surface area contributed by atoms with Crippen molar-refractivity contribution in [2.45, 2.75) is 76.7 Å². The van der Waals surface area contributed by atoms with Gasteiger partial charge in [0.05, 0.1) is 35.4 Å². The van der Waals surface area contributed by atoms with Crippen LogP contribution in [0.4, 0.5) is 11.4 Å². The molecule has 7 rings (SSSR count). The largest absolute Gasteiger partial charge is 0.379 e. The van der Waals surface area contributed by atoms with E-state index in [4.69, 9.17) is 4.98 Å². The van der Waals surface area contributed by atoms with Gasteiger partial charge in [-0.2, -0.15) is 5.10 Å². The molecule has 3 aromatic rings. The van der Waals surface area contributed by atoms with Gasteiger partial charge in [0.15, 0.2) is 0 Å². The summed E-state index contributed by atoms with van der Waals surface area (Å²) in [6, 6.07) is 10.5. The molecule has 2 aromatic heterocycles. The molecule has 1 aromatic carbocycles. The smallest absolute Gasteiger partial charge is 0.271 e. The summed E-state index contributed by atoms with van der Waals surface area (Å²) in [6.07, 6.45) is 9.60. The molecule has 270 valence electrons. The third kappa shape index (κ3) is 7.28. The van der Waals surface area contributed by atoms with E-state index in [-0.39, 0.29) is 40.7 Å². The van der Waals surface area contributed by atoms with E-state index in [1.165, 1.54) is 10.2 Å². The minimum atomic E-state index is -0.371. The molecule has 3 atom stereocenters. The Bertz CT molecular complexity index is 1860. The maximum atomic E-state index is 13.6. The van der Waals surface area contributed by atoms with Crippen LogP contribution in [0.3, 0.4) is 0 Å². The lowest BCUT2D eigenvalue weighted by Gasteiger charge is -2.47. The molecule has 12 heteroatoms. The number of carbonyl (C=O) groups excluding carboxylic acids is 3. The number of aryl methyl sites for hydroxylation is 2. The van der Waals surface area contributed by atoms with E-state index in [0.29, 0.717) is 24.3 Å². The molecular formula is C39H50N8O4. The number of imide groups is 1. The van der Waals surface area contributed by atoms with Gasteiger partial charge in [0, 0.05) is 69.9 Å². The Hall–Kier alpha value is -4.58. The third-order valence-corrected chi connectivity index (χ3v) is 12.0. The molecule has 0 aliphatic carbocycles. The number of pyridine rings is 1. The minimum Gasteiger partial charge on any atom is -0.379 e. The number of carbonyl (C=O) groups is 3. The fourth-order valence-electron chi connectivity index (χ4n) is 8.75. The number of hydrogen-bond acceptors (Lipinski definition) is 9. The predicted molar refractivity (Wildman–Crippen MR) is 196 cm³/mol. The summed E-state index contributed by atoms with van der Waals surface area (Å²) in [5.41, 5.74) is 6.43. The van der Waals surface area contributed by atoms with Crippen molar-refractivity contribution >= 4 is 29.1 Å². The molecule has 0 bridgehead atoms. The van der Waals surface area contributed by atoms with Crippen LogP contribution in [0.1, 0.15) is 89.5 Å². The molecule has 1 unspecified atom stereocenters. The van der Waals surface area contributed by atoms with Gasteiger partial charge in [-0.3, -0.25) is 29.5 Å². The number of nitrogens with zero attached hydrogens (tertiary/aromatic N) is 6. The molecule has 4 aliphatic rings. The van der Waals surface area contributed by atoms with Crippen molar-refractivity contribution in [3.63, 3.8) is 0 Å². The third-order valence-electron chi connectivity index (χ3n) is 12.0. The van der Waals surface area contributed by atoms with Crippen molar-refractivity contribution in [1.82, 2.24) is 29.9 Å². The van der Waals surface area contributed by atoms with Gasteiger partial charge in [-0.15, -0.1) is 0 Å². The molecule has 2 N–H and O–H groups in total. The zero-order valence-electron chi connectivity index (χ0n) is 30.3. The normalized spacial score (nSPS) is 24.0. The number of anilines is 2. The van der Waals surface area contributed by atoms with E-state index in [0.717, 1.165) is 99.6 Å². The summed E-state index contributed by atoms with van der Waals surface area (Å²) >= 11 is 0. The van der Waals surface area contributed by atoms with Gasteiger partial charge in [-0.05, 0) is 100 Å². The van der Waals surface area contributed by atoms with E-state index in [1.807, 2.05) is 37.1 Å². The average Bonchev–Trinajstić information content (AvgIpc) is 3.12. The number of likely N-dealkylation sites (tertiary alicyclic amines) is 2. The molecule has 0 saturated carbocycles. The first kappa shape index (κ1) is 34.9. The fraction of sp³-hybridized carbons (Fsp3) is 0.538. The molecule has 4 saturated heterocycles. The summed E-state index contributed by atoms with van der Waals surface area (Å²) in [5.74, 6) is -0.407. The number of likely N-dealkylation sites (N-methyl/N-ethyl adjacent to an activating group) is 1. The summed E-state index contributed by atoms with van der Waals surface area (Å²) in [4.78, 5) is 61.4. The Morgan fingerprint density at radius 1 is 0.941 bits per heavy atom. The number of nitrogens with one attached hydrogen (secondary N) is 2. The second-order valence-electron chi connectivity index (χ2n) is 15.4. The Kier molecular flexibility index (Phi) is 9.71. The van der Waals surface area contributed by atoms with Gasteiger partial charge >= 0.3 is 0 Å². The van der Waals surface area contributed by atoms with E-state index in [9.17, 15) is 19.2 Å². The topological polar surface area (TPSA) is 133 Å². The number of hydrogen-bond donors (Lipinski definition) is 2. The lowest BCUT2D eigenvalue weighted by Crippen LogP contribution is -2.48. The van der Waals surface area contributed by atoms with E-state index < -0.39 is 0 Å². The Morgan fingerprint density at radius 2 is 1.65 bits per heavy atom. The van der Waals surface area contributed by atoms with Crippen LogP contribution in [-0.2, 0) is 16.6 Å². The second-order valence-corrected chi connectivity index (χ2v) is 15.4. The number of amides is 3. The standard InChI is InChI=1S/C39H50N8O4/c1-25-19-31(21-40-35(25)32-9-10-34(48)43-36(32)49)46-15-11-39(12-16-46)13-17-47(18-14-39)38(51)28-7-5-27(6-8-28)29-20-30(24-44(3)23-29)42-33-22-41-45(4)37(50)26(33)2/h5-8,19,21-22,29-30,32,42H,9-18,20,23-24H2,1-4H3,(H,43,48,49)/t29-,30+,32?/m0/s1. The van der Waals surface area contributed by atoms with Crippen molar-refractivity contribution in [1.29, 1.82) is 0 Å². The summed E-state index contributed by atoms with van der Waals surface area (Å²) in [6.45, 7) is 9.11. The zero-order chi connectivity index (χ0) is 35.9. The summed E-state index contributed by atoms with van der Waals surface area (Å²) in [7, 11) is 3.79. The van der Waals surface area contributed by atoms with Crippen molar-refractivity contribution < 1.29 is 14.4 Å². The Balaban J connectivity index is 0.911. The van der Waals surface area contributed by atoms with Crippen LogP contribution in [0.25, 0.3) is 0 Å². The number of benzene rings is 1. The van der Waals surface area contributed by atoms with Crippen molar-refractivity contribution in [3.8, 4) is 0 Å². The number of aromatic nitrogens is 3. The highest BCUT2D eigenvalue weighted by Crippen LogP contribution is 2.43. The predicted octanol–water partition coefficient (Wildman–Crippen LogP) is 3.73. The SMILES string of the molecule is Cc1cc(N2CCC3(CCN(C(=O)c4ccc([C@H]5C[C@@H](Nc6cnn(C)c(=O)c6C)CN(C)C5)cc4)CC3)CC2)cnc1C1CCC(=O)NC1=O. The molecule has 4 aliphatic heterocycles. The van der Waals surface area contributed by atoms with Crippen LogP contribution in [0.15, 0.2) is 47.5 Å². The van der Waals surface area contributed by atoms with Crippen LogP contribution in [0.2, 0.25) is 0 Å². The van der Waals surface area contributed by atoms with Crippen molar-refractivity contribution in [2.24, 2.45) is 12.5 Å². The molecule has 12 nitrogen and oxygen atoms in total. The number of piperidine rings is 4. The second kappa shape index (κ2) is 14.2. The van der Waals surface area contributed by atoms with E-state index >= 15 is 0 Å². The van der Waals surface area contributed by atoms with Gasteiger partial charge in [-0.1, -0.05) is 12.1 Å². The molecular weight excluding hydrogens is 644 g/mol. The molecule has 51 heavy (non-hydrogen) atoms. The van der Waals surface area contributed by atoms with Crippen LogP contribution < -0.4 is 21.1 Å². The molecule has 4 fully saturated rings. The van der Waals surface area contributed by atoms with Crippen molar-refractivity contribution in [3.05, 3.63) is 81.0 Å². The highest BCUT2D eigenvalue weighted by atomic mass is 16.2. The lowest BCUT2D eigenvalue weighted by atomic mass is 9.71. The van der Waals surface area contributed by atoms with Crippen LogP contribution in [-0.4, -0.2) is 94.6 Å². The summed E-state index contributed by atoms with van der Waals surface area (Å²) in [5, 5.41) is 10.2. The Labute approximate surface area is 299 Å². The fourth-order valence-corrected chi connectivity index (χ4v) is 8.75. The minimum absolute atomic E-state index is 0.0872. The van der Waals surface area contributed by atoms with Gasteiger partial charge in [0.25, 0.3) is 11.5 Å². The number of rotatable bonds is 6. The maximum absolute atomic E-state index is 13.6. The van der Waals surface area contributed by atoms with Gasteiger partial charge in [0.1, 0.15) is 0 Å². The first-order chi connectivity index (χ1) is 24.5. The van der Waals surface area contributed by atoms with E-state index in [2.05, 4.69) is 50.8 Å². The Morgan fingerprint density at radius 3 is 2.33 bits per heavy atom. The molecule has 3 amide bonds. The highest BCUT2D eigenvalue weighted by Gasteiger charge is 2.39. The van der Waals surface area contributed by atoms with Gasteiger partial charge in [-0.25, -0.2) is 4.68 Å². The zero-order valence-corrected chi connectivity index (χ0v) is 30.3. The van der Waals surface area contributed by atoms with Crippen LogP contribution in [0, 0.1) is 19.3 Å². The molecule has 0 radical (unpaired) electrons. The lowest BCUT2D eigenvalue weighted by molar-refractivity contribution is -0.134. The van der Waals surface area contributed by atoms with Crippen LogP contribution >= 0.6 is 0 Å². The highest BCUT2D eigenvalue weighted by molar-refractivity contribution is 6.00. The first-order valence-electron chi connectivity index (χ1n) is 18.4.